The smallest absolute Gasteiger partial charge is 0.0702 e. The fraction of sp³-hybridized carbons (Fsp3) is 0.167. The van der Waals surface area contributed by atoms with E-state index in [0.717, 1.165) is 23.7 Å². The summed E-state index contributed by atoms with van der Waals surface area (Å²) in [5.41, 5.74) is 11.4. The second-order valence-corrected chi connectivity index (χ2v) is 5.69. The molecular formula is C18H16N2. The van der Waals surface area contributed by atoms with Crippen LogP contribution < -0.4 is 5.73 Å². The van der Waals surface area contributed by atoms with Gasteiger partial charge in [-0.15, -0.1) is 0 Å². The molecule has 0 fully saturated rings. The lowest BCUT2D eigenvalue weighted by Crippen LogP contribution is -2.37. The van der Waals surface area contributed by atoms with Crippen LogP contribution in [0.4, 0.5) is 0 Å². The highest BCUT2D eigenvalue weighted by Crippen LogP contribution is 2.36. The lowest BCUT2D eigenvalue weighted by Gasteiger charge is -2.24. The van der Waals surface area contributed by atoms with Crippen molar-refractivity contribution in [1.82, 2.24) is 4.98 Å². The third kappa shape index (κ3) is 1.73. The van der Waals surface area contributed by atoms with E-state index < -0.39 is 0 Å². The fourth-order valence-electron chi connectivity index (χ4n) is 3.23. The third-order valence-electron chi connectivity index (χ3n) is 4.31. The maximum atomic E-state index is 6.70. The van der Waals surface area contributed by atoms with Gasteiger partial charge in [0.1, 0.15) is 0 Å². The van der Waals surface area contributed by atoms with Crippen molar-refractivity contribution in [1.29, 1.82) is 0 Å². The summed E-state index contributed by atoms with van der Waals surface area (Å²) < 4.78 is 0. The van der Waals surface area contributed by atoms with Gasteiger partial charge >= 0.3 is 0 Å². The molecule has 1 aliphatic carbocycles. The number of fused-ring (bicyclic) bond motifs is 2. The zero-order valence-corrected chi connectivity index (χ0v) is 11.2. The zero-order valence-electron chi connectivity index (χ0n) is 11.2. The summed E-state index contributed by atoms with van der Waals surface area (Å²) in [5.74, 6) is 0. The molecule has 3 aromatic rings. The summed E-state index contributed by atoms with van der Waals surface area (Å²) in [4.78, 5) is 4.37. The molecule has 20 heavy (non-hydrogen) atoms. The van der Waals surface area contributed by atoms with Gasteiger partial charge in [-0.3, -0.25) is 4.98 Å². The lowest BCUT2D eigenvalue weighted by molar-refractivity contribution is 0.473. The van der Waals surface area contributed by atoms with E-state index in [0.29, 0.717) is 0 Å². The van der Waals surface area contributed by atoms with Gasteiger partial charge in [-0.1, -0.05) is 36.4 Å². The van der Waals surface area contributed by atoms with E-state index in [1.165, 1.54) is 16.7 Å². The van der Waals surface area contributed by atoms with E-state index in [1.807, 2.05) is 12.3 Å². The van der Waals surface area contributed by atoms with Gasteiger partial charge in [0.05, 0.1) is 5.52 Å². The molecule has 0 unspecified atom stereocenters. The second-order valence-electron chi connectivity index (χ2n) is 5.69. The number of hydrogen-bond donors (Lipinski definition) is 1. The number of aromatic nitrogens is 1. The van der Waals surface area contributed by atoms with Crippen LogP contribution in [0, 0.1) is 0 Å². The number of pyridine rings is 1. The molecule has 1 aromatic heterocycles. The average molecular weight is 260 g/mol. The maximum absolute atomic E-state index is 6.70. The standard InChI is InChI=1S/C18H16N2/c19-18(11-14-4-1-2-5-15(14)12-18)16-7-8-17-13(10-16)6-3-9-20-17/h1-10H,11-12,19H2. The van der Waals surface area contributed by atoms with Crippen LogP contribution in [-0.4, -0.2) is 4.98 Å². The second kappa shape index (κ2) is 4.15. The molecule has 0 aliphatic heterocycles. The first-order chi connectivity index (χ1) is 9.74. The average Bonchev–Trinajstić information content (AvgIpc) is 2.84. The first-order valence-corrected chi connectivity index (χ1v) is 6.96. The predicted octanol–water partition coefficient (Wildman–Crippen LogP) is 3.19. The third-order valence-corrected chi connectivity index (χ3v) is 4.31. The topological polar surface area (TPSA) is 38.9 Å². The van der Waals surface area contributed by atoms with Gasteiger partial charge in [-0.25, -0.2) is 0 Å². The molecule has 98 valence electrons. The Labute approximate surface area is 118 Å². The van der Waals surface area contributed by atoms with Crippen molar-refractivity contribution in [3.63, 3.8) is 0 Å². The molecule has 0 bridgehead atoms. The number of hydrogen-bond acceptors (Lipinski definition) is 2. The zero-order chi connectivity index (χ0) is 13.6. The van der Waals surface area contributed by atoms with Crippen molar-refractivity contribution in [2.24, 2.45) is 5.73 Å². The van der Waals surface area contributed by atoms with Crippen molar-refractivity contribution >= 4 is 10.9 Å². The lowest BCUT2D eigenvalue weighted by atomic mass is 9.87. The largest absolute Gasteiger partial charge is 0.321 e. The summed E-state index contributed by atoms with van der Waals surface area (Å²) in [6.07, 6.45) is 3.65. The normalized spacial score (nSPS) is 16.2. The van der Waals surface area contributed by atoms with Gasteiger partial charge in [-0.2, -0.15) is 0 Å². The first-order valence-electron chi connectivity index (χ1n) is 6.96. The van der Waals surface area contributed by atoms with Crippen LogP contribution in [0.25, 0.3) is 10.9 Å². The van der Waals surface area contributed by atoms with E-state index in [1.54, 1.807) is 0 Å². The molecule has 0 atom stereocenters. The van der Waals surface area contributed by atoms with Crippen molar-refractivity contribution < 1.29 is 0 Å². The van der Waals surface area contributed by atoms with E-state index in [9.17, 15) is 0 Å². The van der Waals surface area contributed by atoms with Crippen LogP contribution in [0.2, 0.25) is 0 Å². The van der Waals surface area contributed by atoms with Crippen LogP contribution in [0.1, 0.15) is 16.7 Å². The Hall–Kier alpha value is -2.19. The SMILES string of the molecule is NC1(c2ccc3ncccc3c2)Cc2ccccc2C1. The molecule has 0 saturated carbocycles. The molecule has 2 N–H and O–H groups in total. The van der Waals surface area contributed by atoms with Gasteiger partial charge in [0.25, 0.3) is 0 Å². The van der Waals surface area contributed by atoms with Crippen LogP contribution in [0.15, 0.2) is 60.8 Å². The minimum Gasteiger partial charge on any atom is -0.321 e. The van der Waals surface area contributed by atoms with Crippen molar-refractivity contribution in [3.05, 3.63) is 77.5 Å². The van der Waals surface area contributed by atoms with Gasteiger partial charge < -0.3 is 5.73 Å². The number of nitrogens with zero attached hydrogens (tertiary/aromatic N) is 1. The highest BCUT2D eigenvalue weighted by molar-refractivity contribution is 5.79. The Morgan fingerprint density at radius 3 is 2.40 bits per heavy atom. The van der Waals surface area contributed by atoms with Crippen LogP contribution >= 0.6 is 0 Å². The van der Waals surface area contributed by atoms with Gasteiger partial charge in [0, 0.05) is 17.1 Å². The Kier molecular flexibility index (Phi) is 2.41. The summed E-state index contributed by atoms with van der Waals surface area (Å²) >= 11 is 0. The number of benzene rings is 2. The molecule has 0 saturated heterocycles. The highest BCUT2D eigenvalue weighted by Gasteiger charge is 2.34. The Morgan fingerprint density at radius 2 is 1.65 bits per heavy atom. The van der Waals surface area contributed by atoms with E-state index >= 15 is 0 Å². The van der Waals surface area contributed by atoms with E-state index in [-0.39, 0.29) is 5.54 Å². The molecule has 0 spiro atoms. The number of rotatable bonds is 1. The summed E-state index contributed by atoms with van der Waals surface area (Å²) in [5, 5.41) is 1.16. The molecule has 0 amide bonds. The Balaban J connectivity index is 1.80. The van der Waals surface area contributed by atoms with Gasteiger partial charge in [-0.05, 0) is 47.7 Å². The molecule has 1 heterocycles. The van der Waals surface area contributed by atoms with E-state index in [4.69, 9.17) is 5.73 Å². The summed E-state index contributed by atoms with van der Waals surface area (Å²) in [6, 6.07) is 19.0. The quantitative estimate of drug-likeness (QED) is 0.730. The minimum absolute atomic E-state index is 0.284. The van der Waals surface area contributed by atoms with Crippen molar-refractivity contribution in [3.8, 4) is 0 Å². The van der Waals surface area contributed by atoms with Gasteiger partial charge in [0.2, 0.25) is 0 Å². The molecule has 2 heteroatoms. The number of nitrogens with two attached hydrogens (primary N) is 1. The Morgan fingerprint density at radius 1 is 0.900 bits per heavy atom. The van der Waals surface area contributed by atoms with Crippen LogP contribution in [-0.2, 0) is 18.4 Å². The summed E-state index contributed by atoms with van der Waals surface area (Å²) in [6.45, 7) is 0. The molecule has 2 nitrogen and oxygen atoms in total. The fourth-order valence-corrected chi connectivity index (χ4v) is 3.23. The first kappa shape index (κ1) is 11.6. The van der Waals surface area contributed by atoms with E-state index in [2.05, 4.69) is 53.5 Å². The highest BCUT2D eigenvalue weighted by atomic mass is 14.8. The molecule has 0 radical (unpaired) electrons. The molecule has 2 aromatic carbocycles. The van der Waals surface area contributed by atoms with Crippen LogP contribution in [0.3, 0.4) is 0 Å². The van der Waals surface area contributed by atoms with Gasteiger partial charge in [0.15, 0.2) is 0 Å². The van der Waals surface area contributed by atoms with Crippen LogP contribution in [0.5, 0.6) is 0 Å². The maximum Gasteiger partial charge on any atom is 0.0702 e. The summed E-state index contributed by atoms with van der Waals surface area (Å²) in [7, 11) is 0. The predicted molar refractivity (Wildman–Crippen MR) is 81.5 cm³/mol. The molecule has 4 rings (SSSR count). The van der Waals surface area contributed by atoms with Crippen molar-refractivity contribution in [2.45, 2.75) is 18.4 Å². The minimum atomic E-state index is -0.284. The Bertz CT molecular complexity index is 767. The van der Waals surface area contributed by atoms with Crippen molar-refractivity contribution in [2.75, 3.05) is 0 Å². The monoisotopic (exact) mass is 260 g/mol. The molecule has 1 aliphatic rings. The molecular weight excluding hydrogens is 244 g/mol.